The molecule has 4 heteroatoms. The van der Waals surface area contributed by atoms with Gasteiger partial charge in [-0.3, -0.25) is 0 Å². The van der Waals surface area contributed by atoms with Crippen LogP contribution in [0.2, 0.25) is 0 Å². The van der Waals surface area contributed by atoms with E-state index in [0.717, 1.165) is 47.0 Å². The molecule has 1 atom stereocenters. The number of ether oxygens (including phenoxy) is 4. The quantitative estimate of drug-likeness (QED) is 0.723. The van der Waals surface area contributed by atoms with Gasteiger partial charge in [0.2, 0.25) is 6.29 Å². The van der Waals surface area contributed by atoms with Crippen molar-refractivity contribution in [1.82, 2.24) is 0 Å². The highest BCUT2D eigenvalue weighted by Gasteiger charge is 2.26. The van der Waals surface area contributed by atoms with Crippen LogP contribution in [0.25, 0.3) is 11.1 Å². The molecule has 2 heterocycles. The van der Waals surface area contributed by atoms with E-state index in [1.807, 2.05) is 0 Å². The summed E-state index contributed by atoms with van der Waals surface area (Å²) >= 11 is 0. The Morgan fingerprint density at radius 3 is 1.50 bits per heavy atom. The van der Waals surface area contributed by atoms with E-state index in [1.165, 1.54) is 11.1 Å². The van der Waals surface area contributed by atoms with Crippen molar-refractivity contribution >= 4 is 0 Å². The normalized spacial score (nSPS) is 16.7. The van der Waals surface area contributed by atoms with Gasteiger partial charge >= 0.3 is 0 Å². The summed E-state index contributed by atoms with van der Waals surface area (Å²) in [5, 5.41) is 0. The largest absolute Gasteiger partial charge is 0.496 e. The minimum absolute atomic E-state index is 0. The van der Waals surface area contributed by atoms with E-state index in [4.69, 9.17) is 14.2 Å². The Bertz CT molecular complexity index is 712. The van der Waals surface area contributed by atoms with E-state index in [9.17, 15) is 0 Å². The van der Waals surface area contributed by atoms with Crippen LogP contribution < -0.4 is 9.47 Å². The molecule has 2 saturated heterocycles. The molecule has 2 aliphatic heterocycles. The molecule has 0 bridgehead atoms. The van der Waals surface area contributed by atoms with Crippen molar-refractivity contribution in [2.24, 2.45) is 0 Å². The summed E-state index contributed by atoms with van der Waals surface area (Å²) in [6, 6.07) is 8.69. The first kappa shape index (κ1) is 20.3. The summed E-state index contributed by atoms with van der Waals surface area (Å²) in [6.07, 6.45) is -0.0614. The first-order chi connectivity index (χ1) is 12.0. The first-order valence-corrected chi connectivity index (χ1v) is 8.62. The molecule has 0 radical (unpaired) electrons. The van der Waals surface area contributed by atoms with Gasteiger partial charge in [0.15, 0.2) is 0 Å². The lowest BCUT2D eigenvalue weighted by Crippen LogP contribution is -2.02. The Kier molecular flexibility index (Phi) is 6.68. The van der Waals surface area contributed by atoms with Crippen LogP contribution in [0.3, 0.4) is 0 Å². The number of rotatable bonds is 4. The topological polar surface area (TPSA) is 43.5 Å². The van der Waals surface area contributed by atoms with E-state index in [1.54, 1.807) is 7.11 Å². The Hall–Kier alpha value is -2.04. The van der Waals surface area contributed by atoms with Crippen molar-refractivity contribution < 1.29 is 18.9 Å². The monoisotopic (exact) mass is 358 g/mol. The number of aryl methyl sites for hydroxylation is 4. The van der Waals surface area contributed by atoms with Crippen molar-refractivity contribution in [1.29, 1.82) is 0 Å². The number of benzene rings is 2. The Morgan fingerprint density at radius 2 is 1.19 bits per heavy atom. The zero-order valence-electron chi connectivity index (χ0n) is 15.6. The van der Waals surface area contributed by atoms with Gasteiger partial charge in [0.25, 0.3) is 0 Å². The van der Waals surface area contributed by atoms with Gasteiger partial charge in [-0.15, -0.1) is 0 Å². The number of hydrogen-bond acceptors (Lipinski definition) is 4. The lowest BCUT2D eigenvalue weighted by molar-refractivity contribution is 0.177. The van der Waals surface area contributed by atoms with Gasteiger partial charge in [-0.1, -0.05) is 7.43 Å². The van der Waals surface area contributed by atoms with Crippen molar-refractivity contribution in [3.8, 4) is 22.6 Å². The lowest BCUT2D eigenvalue weighted by Gasteiger charge is -2.15. The number of epoxide rings is 2. The molecule has 0 spiro atoms. The van der Waals surface area contributed by atoms with Crippen LogP contribution >= 0.6 is 0 Å². The van der Waals surface area contributed by atoms with Gasteiger partial charge in [-0.05, 0) is 85.3 Å². The molecule has 2 aromatic carbocycles. The zero-order valence-corrected chi connectivity index (χ0v) is 15.6. The minimum Gasteiger partial charge on any atom is -0.496 e. The van der Waals surface area contributed by atoms with Crippen LogP contribution in [0.15, 0.2) is 24.3 Å². The fourth-order valence-electron chi connectivity index (χ4n) is 2.98. The predicted molar refractivity (Wildman–Crippen MR) is 105 cm³/mol. The fourth-order valence-corrected chi connectivity index (χ4v) is 2.98. The van der Waals surface area contributed by atoms with Crippen LogP contribution in [0.4, 0.5) is 0 Å². The maximum absolute atomic E-state index is 5.82. The van der Waals surface area contributed by atoms with E-state index >= 15 is 0 Å². The SMILES string of the molecule is C.C1CO1.COc1c(C)cc(-c2cc(C)c(OC3CO3)c(C)c2)cc1C. The van der Waals surface area contributed by atoms with Gasteiger partial charge in [0, 0.05) is 0 Å². The summed E-state index contributed by atoms with van der Waals surface area (Å²) in [5.41, 5.74) is 6.98. The third-order valence-corrected chi connectivity index (χ3v) is 4.21. The Balaban J connectivity index is 0.000000552. The maximum Gasteiger partial charge on any atom is 0.223 e. The third-order valence-electron chi connectivity index (χ3n) is 4.21. The first-order valence-electron chi connectivity index (χ1n) is 8.62. The van der Waals surface area contributed by atoms with Crippen LogP contribution in [0.1, 0.15) is 29.7 Å². The highest BCUT2D eigenvalue weighted by Crippen LogP contribution is 2.35. The fraction of sp³-hybridized carbons (Fsp3) is 0.455. The summed E-state index contributed by atoms with van der Waals surface area (Å²) in [5.74, 6) is 1.90. The average molecular weight is 358 g/mol. The molecular weight excluding hydrogens is 328 g/mol. The number of hydrogen-bond donors (Lipinski definition) is 0. The summed E-state index contributed by atoms with van der Waals surface area (Å²) < 4.78 is 20.9. The second-order valence-corrected chi connectivity index (χ2v) is 6.58. The molecule has 0 aromatic heterocycles. The Labute approximate surface area is 157 Å². The van der Waals surface area contributed by atoms with Gasteiger partial charge in [-0.25, -0.2) is 0 Å². The molecular formula is C22H30O4. The van der Waals surface area contributed by atoms with Gasteiger partial charge in [-0.2, -0.15) is 0 Å². The van der Waals surface area contributed by atoms with Crippen molar-refractivity contribution in [3.05, 3.63) is 46.5 Å². The third kappa shape index (κ3) is 4.99. The molecule has 142 valence electrons. The van der Waals surface area contributed by atoms with Gasteiger partial charge in [0.1, 0.15) is 18.1 Å². The molecule has 26 heavy (non-hydrogen) atoms. The maximum atomic E-state index is 5.82. The molecule has 0 N–H and O–H groups in total. The molecule has 4 rings (SSSR count). The minimum atomic E-state index is -0.0614. The molecule has 2 fully saturated rings. The van der Waals surface area contributed by atoms with Gasteiger partial charge in [0.05, 0.1) is 20.3 Å². The van der Waals surface area contributed by atoms with Crippen LogP contribution in [0, 0.1) is 27.7 Å². The van der Waals surface area contributed by atoms with Crippen molar-refractivity contribution in [3.63, 3.8) is 0 Å². The van der Waals surface area contributed by atoms with Crippen LogP contribution in [0.5, 0.6) is 11.5 Å². The zero-order chi connectivity index (χ0) is 18.0. The standard InChI is InChI=1S/C19H22O3.C2H4O.CH4/c1-11-6-15(7-12(2)18(11)20-5)16-8-13(3)19(14(4)9-16)22-17-10-21-17;1-2-3-1;/h6-9,17H,10H2,1-5H3;1-2H2;1H4. The van der Waals surface area contributed by atoms with Crippen molar-refractivity contribution in [2.45, 2.75) is 41.4 Å². The summed E-state index contributed by atoms with van der Waals surface area (Å²) in [6.45, 7) is 11.0. The predicted octanol–water partition coefficient (Wildman–Crippen LogP) is 4.98. The molecule has 4 nitrogen and oxygen atoms in total. The molecule has 0 saturated carbocycles. The molecule has 0 amide bonds. The van der Waals surface area contributed by atoms with Crippen LogP contribution in [-0.4, -0.2) is 33.2 Å². The van der Waals surface area contributed by atoms with Crippen LogP contribution in [-0.2, 0) is 9.47 Å². The van der Waals surface area contributed by atoms with Gasteiger partial charge < -0.3 is 18.9 Å². The molecule has 1 unspecified atom stereocenters. The molecule has 2 aromatic rings. The average Bonchev–Trinajstić information content (AvgIpc) is 3.44. The number of methoxy groups -OCH3 is 1. The van der Waals surface area contributed by atoms with E-state index < -0.39 is 0 Å². The highest BCUT2D eigenvalue weighted by molar-refractivity contribution is 5.70. The van der Waals surface area contributed by atoms with E-state index in [2.05, 4.69) is 56.7 Å². The molecule has 2 aliphatic rings. The lowest BCUT2D eigenvalue weighted by atomic mass is 9.96. The van der Waals surface area contributed by atoms with E-state index in [-0.39, 0.29) is 13.7 Å². The van der Waals surface area contributed by atoms with E-state index in [0.29, 0.717) is 6.61 Å². The highest BCUT2D eigenvalue weighted by atomic mass is 16.8. The summed E-state index contributed by atoms with van der Waals surface area (Å²) in [4.78, 5) is 0. The second-order valence-electron chi connectivity index (χ2n) is 6.58. The smallest absolute Gasteiger partial charge is 0.223 e. The summed E-state index contributed by atoms with van der Waals surface area (Å²) in [7, 11) is 1.72. The molecule has 0 aliphatic carbocycles. The van der Waals surface area contributed by atoms with Crippen molar-refractivity contribution in [2.75, 3.05) is 26.9 Å². The Morgan fingerprint density at radius 1 is 0.808 bits per heavy atom. The second kappa shape index (κ2) is 8.56.